The molecule has 3 amide bonds. The molecule has 0 bridgehead atoms. The molecule has 1 aliphatic heterocycles. The van der Waals surface area contributed by atoms with E-state index >= 15 is 0 Å². The molecule has 0 spiro atoms. The van der Waals surface area contributed by atoms with Gasteiger partial charge in [-0.3, -0.25) is 19.3 Å². The first-order valence-electron chi connectivity index (χ1n) is 14.6. The van der Waals surface area contributed by atoms with Crippen LogP contribution in [0.4, 0.5) is 0 Å². The largest absolute Gasteiger partial charge is 0.497 e. The summed E-state index contributed by atoms with van der Waals surface area (Å²) in [6, 6.07) is 12.1. The topological polar surface area (TPSA) is 196 Å². The first kappa shape index (κ1) is 34.9. The Hall–Kier alpha value is -3.59. The minimum Gasteiger partial charge on any atom is -0.497 e. The van der Waals surface area contributed by atoms with Crippen LogP contribution in [0.25, 0.3) is 0 Å². The first-order chi connectivity index (χ1) is 20.9. The van der Waals surface area contributed by atoms with Crippen molar-refractivity contribution in [2.75, 3.05) is 46.5 Å². The van der Waals surface area contributed by atoms with Crippen molar-refractivity contribution in [1.82, 2.24) is 20.9 Å². The molecule has 0 aromatic heterocycles. The van der Waals surface area contributed by atoms with Gasteiger partial charge in [-0.2, -0.15) is 0 Å². The molecule has 1 saturated heterocycles. The summed E-state index contributed by atoms with van der Waals surface area (Å²) in [5, 5.41) is 40.9. The molecule has 3 rings (SSSR count). The molecule has 0 unspecified atom stereocenters. The standard InChI is InChI=1S/C31H45N5O8/c1-21(33-27(37)19-36-13-15-44-16-14-36)28(38)34-25(17-23-9-11-24(43-3)12-10-23)29(39)35-26(18-22-7-5-4-6-8-22)31(41,42)30(2,40)20-32/h4-12,21,25-26,40-42H,13-20,32H2,1-3H3,(H,33,37)(H,34,38)(H,35,39)/t21-,25-,26-,30+/m0/s1. The van der Waals surface area contributed by atoms with Crippen LogP contribution < -0.4 is 26.4 Å². The molecule has 242 valence electrons. The van der Waals surface area contributed by atoms with Crippen LogP contribution >= 0.6 is 0 Å². The van der Waals surface area contributed by atoms with Crippen LogP contribution in [0.1, 0.15) is 25.0 Å². The van der Waals surface area contributed by atoms with Crippen LogP contribution in [0.5, 0.6) is 5.75 Å². The van der Waals surface area contributed by atoms with Crippen molar-refractivity contribution >= 4 is 17.7 Å². The maximum atomic E-state index is 13.8. The van der Waals surface area contributed by atoms with Gasteiger partial charge in [0.2, 0.25) is 23.5 Å². The van der Waals surface area contributed by atoms with Gasteiger partial charge in [-0.15, -0.1) is 0 Å². The van der Waals surface area contributed by atoms with Crippen molar-refractivity contribution in [2.45, 2.75) is 56.2 Å². The van der Waals surface area contributed by atoms with E-state index in [1.807, 2.05) is 4.90 Å². The highest BCUT2D eigenvalue weighted by molar-refractivity contribution is 5.92. The highest BCUT2D eigenvalue weighted by Crippen LogP contribution is 2.25. The number of benzene rings is 2. The number of methoxy groups -OCH3 is 1. The second-order valence-corrected chi connectivity index (χ2v) is 11.2. The highest BCUT2D eigenvalue weighted by atomic mass is 16.5. The number of hydrogen-bond acceptors (Lipinski definition) is 10. The predicted molar refractivity (Wildman–Crippen MR) is 162 cm³/mol. The molecular formula is C31H45N5O8. The molecule has 0 aliphatic carbocycles. The van der Waals surface area contributed by atoms with E-state index < -0.39 is 47.9 Å². The number of ether oxygens (including phenoxy) is 2. The van der Waals surface area contributed by atoms with Gasteiger partial charge in [-0.1, -0.05) is 42.5 Å². The summed E-state index contributed by atoms with van der Waals surface area (Å²) < 4.78 is 10.5. The number of amides is 3. The lowest BCUT2D eigenvalue weighted by Crippen LogP contribution is -2.69. The number of carbonyl (C=O) groups excluding carboxylic acids is 3. The van der Waals surface area contributed by atoms with Crippen LogP contribution in [-0.2, 0) is 32.0 Å². The molecular weight excluding hydrogens is 570 g/mol. The smallest absolute Gasteiger partial charge is 0.243 e. The van der Waals surface area contributed by atoms with Gasteiger partial charge in [-0.05, 0) is 43.5 Å². The molecule has 2 aromatic carbocycles. The molecule has 4 atom stereocenters. The van der Waals surface area contributed by atoms with Crippen LogP contribution in [0.3, 0.4) is 0 Å². The van der Waals surface area contributed by atoms with Crippen LogP contribution in [0.15, 0.2) is 54.6 Å². The van der Waals surface area contributed by atoms with Crippen molar-refractivity contribution in [1.29, 1.82) is 0 Å². The molecule has 2 aromatic rings. The van der Waals surface area contributed by atoms with Gasteiger partial charge in [0.15, 0.2) is 0 Å². The van der Waals surface area contributed by atoms with Gasteiger partial charge < -0.3 is 46.5 Å². The molecule has 44 heavy (non-hydrogen) atoms. The Morgan fingerprint density at radius 2 is 1.55 bits per heavy atom. The van der Waals surface area contributed by atoms with Gasteiger partial charge in [-0.25, -0.2) is 0 Å². The van der Waals surface area contributed by atoms with E-state index in [-0.39, 0.29) is 25.3 Å². The number of carbonyl (C=O) groups is 3. The third kappa shape index (κ3) is 9.71. The lowest BCUT2D eigenvalue weighted by Gasteiger charge is -2.42. The van der Waals surface area contributed by atoms with E-state index in [0.29, 0.717) is 43.2 Å². The lowest BCUT2D eigenvalue weighted by molar-refractivity contribution is -0.279. The van der Waals surface area contributed by atoms with Crippen molar-refractivity contribution in [2.24, 2.45) is 5.73 Å². The summed E-state index contributed by atoms with van der Waals surface area (Å²) >= 11 is 0. The SMILES string of the molecule is COc1ccc(C[C@H](NC(=O)[C@H](C)NC(=O)CN2CCOCC2)C(=O)N[C@@H](Cc2ccccc2)C(O)(O)[C@](C)(O)CN)cc1. The summed E-state index contributed by atoms with van der Waals surface area (Å²) in [7, 11) is 1.53. The van der Waals surface area contributed by atoms with Gasteiger partial charge in [0.05, 0.1) is 32.9 Å². The molecule has 13 nitrogen and oxygen atoms in total. The zero-order chi connectivity index (χ0) is 32.3. The maximum absolute atomic E-state index is 13.8. The fourth-order valence-corrected chi connectivity index (χ4v) is 4.76. The molecule has 8 N–H and O–H groups in total. The fraction of sp³-hybridized carbons (Fsp3) is 0.516. The van der Waals surface area contributed by atoms with Crippen molar-refractivity contribution in [3.05, 3.63) is 65.7 Å². The van der Waals surface area contributed by atoms with Crippen LogP contribution in [0, 0.1) is 0 Å². The van der Waals surface area contributed by atoms with Crippen molar-refractivity contribution in [3.63, 3.8) is 0 Å². The van der Waals surface area contributed by atoms with Gasteiger partial charge in [0, 0.05) is 26.1 Å². The zero-order valence-corrected chi connectivity index (χ0v) is 25.5. The Balaban J connectivity index is 1.81. The molecule has 0 saturated carbocycles. The summed E-state index contributed by atoms with van der Waals surface area (Å²) in [5.74, 6) is -3.93. The van der Waals surface area contributed by atoms with Gasteiger partial charge in [0.1, 0.15) is 23.4 Å². The van der Waals surface area contributed by atoms with Crippen molar-refractivity contribution < 1.29 is 39.2 Å². The highest BCUT2D eigenvalue weighted by Gasteiger charge is 2.50. The molecule has 13 heteroatoms. The Morgan fingerprint density at radius 3 is 2.14 bits per heavy atom. The number of morpholine rings is 1. The Bertz CT molecular complexity index is 1220. The fourth-order valence-electron chi connectivity index (χ4n) is 4.76. The van der Waals surface area contributed by atoms with Crippen LogP contribution in [0.2, 0.25) is 0 Å². The van der Waals surface area contributed by atoms with E-state index in [1.165, 1.54) is 14.0 Å². The maximum Gasteiger partial charge on any atom is 0.243 e. The second kappa shape index (κ2) is 15.9. The van der Waals surface area contributed by atoms with Crippen LogP contribution in [-0.4, -0.2) is 114 Å². The molecule has 0 radical (unpaired) electrons. The number of hydrogen-bond donors (Lipinski definition) is 7. The minimum atomic E-state index is -2.84. The van der Waals surface area contributed by atoms with Gasteiger partial charge in [0.25, 0.3) is 0 Å². The van der Waals surface area contributed by atoms with E-state index in [2.05, 4.69) is 16.0 Å². The summed E-state index contributed by atoms with van der Waals surface area (Å²) in [5.41, 5.74) is 4.80. The third-order valence-corrected chi connectivity index (χ3v) is 7.75. The lowest BCUT2D eigenvalue weighted by atomic mass is 9.85. The molecule has 1 heterocycles. The summed E-state index contributed by atoms with van der Waals surface area (Å²) in [4.78, 5) is 41.5. The number of nitrogens with one attached hydrogen (secondary N) is 3. The number of nitrogens with two attached hydrogens (primary N) is 1. The predicted octanol–water partition coefficient (Wildman–Crippen LogP) is -1.32. The normalized spacial score (nSPS) is 17.4. The van der Waals surface area contributed by atoms with E-state index in [0.717, 1.165) is 6.92 Å². The summed E-state index contributed by atoms with van der Waals surface area (Å²) in [6.45, 7) is 4.55. The monoisotopic (exact) mass is 615 g/mol. The third-order valence-electron chi connectivity index (χ3n) is 7.75. The quantitative estimate of drug-likeness (QED) is 0.118. The molecule has 1 fully saturated rings. The average molecular weight is 616 g/mol. The first-order valence-corrected chi connectivity index (χ1v) is 14.6. The van der Waals surface area contributed by atoms with Gasteiger partial charge >= 0.3 is 0 Å². The Kier molecular flexibility index (Phi) is 12.6. The Morgan fingerprint density at radius 1 is 0.932 bits per heavy atom. The van der Waals surface area contributed by atoms with E-state index in [4.69, 9.17) is 15.2 Å². The molecule has 1 aliphatic rings. The van der Waals surface area contributed by atoms with Crippen molar-refractivity contribution in [3.8, 4) is 5.75 Å². The van der Waals surface area contributed by atoms with E-state index in [1.54, 1.807) is 54.6 Å². The van der Waals surface area contributed by atoms with E-state index in [9.17, 15) is 29.7 Å². The Labute approximate surface area is 257 Å². The number of aliphatic hydroxyl groups is 3. The second-order valence-electron chi connectivity index (χ2n) is 11.2. The average Bonchev–Trinajstić information content (AvgIpc) is 3.01. The zero-order valence-electron chi connectivity index (χ0n) is 25.5. The minimum absolute atomic E-state index is 0.0329. The number of rotatable bonds is 15. The number of nitrogens with zero attached hydrogens (tertiary/aromatic N) is 1. The summed E-state index contributed by atoms with van der Waals surface area (Å²) in [6.07, 6.45) is -0.0296.